The SMILES string of the molecule is CCOC(C)C1CCc2ccccc2O1. The van der Waals surface area contributed by atoms with Crippen molar-refractivity contribution in [3.8, 4) is 5.75 Å². The standard InChI is InChI=1S/C13H18O2/c1-3-14-10(2)12-9-8-11-6-4-5-7-13(11)15-12/h4-7,10,12H,3,8-9H2,1-2H3. The lowest BCUT2D eigenvalue weighted by Gasteiger charge is -2.30. The van der Waals surface area contributed by atoms with E-state index in [0.29, 0.717) is 0 Å². The Balaban J connectivity index is 2.05. The van der Waals surface area contributed by atoms with E-state index < -0.39 is 0 Å². The van der Waals surface area contributed by atoms with Gasteiger partial charge in [0.1, 0.15) is 11.9 Å². The van der Waals surface area contributed by atoms with E-state index in [4.69, 9.17) is 9.47 Å². The van der Waals surface area contributed by atoms with Gasteiger partial charge in [-0.1, -0.05) is 18.2 Å². The normalized spacial score (nSPS) is 21.6. The Morgan fingerprint density at radius 3 is 3.07 bits per heavy atom. The molecule has 0 aromatic heterocycles. The first-order chi connectivity index (χ1) is 7.31. The molecule has 2 atom stereocenters. The zero-order chi connectivity index (χ0) is 10.7. The lowest BCUT2D eigenvalue weighted by molar-refractivity contribution is -0.0173. The average Bonchev–Trinajstić information content (AvgIpc) is 2.29. The molecule has 0 aliphatic carbocycles. The second-order valence-electron chi connectivity index (χ2n) is 3.96. The lowest BCUT2D eigenvalue weighted by atomic mass is 10.00. The van der Waals surface area contributed by atoms with Gasteiger partial charge >= 0.3 is 0 Å². The molecule has 1 heterocycles. The van der Waals surface area contributed by atoms with Crippen LogP contribution in [0.4, 0.5) is 0 Å². The van der Waals surface area contributed by atoms with Crippen molar-refractivity contribution >= 4 is 0 Å². The fourth-order valence-corrected chi connectivity index (χ4v) is 2.05. The summed E-state index contributed by atoms with van der Waals surface area (Å²) in [5.74, 6) is 1.03. The summed E-state index contributed by atoms with van der Waals surface area (Å²) in [6.07, 6.45) is 2.54. The van der Waals surface area contributed by atoms with Crippen LogP contribution >= 0.6 is 0 Å². The Morgan fingerprint density at radius 2 is 2.27 bits per heavy atom. The monoisotopic (exact) mass is 206 g/mol. The zero-order valence-corrected chi connectivity index (χ0v) is 9.40. The van der Waals surface area contributed by atoms with Gasteiger partial charge in [-0.05, 0) is 38.3 Å². The van der Waals surface area contributed by atoms with Crippen molar-refractivity contribution in [3.63, 3.8) is 0 Å². The number of para-hydroxylation sites is 1. The van der Waals surface area contributed by atoms with E-state index in [1.165, 1.54) is 5.56 Å². The summed E-state index contributed by atoms with van der Waals surface area (Å²) in [4.78, 5) is 0. The molecule has 0 saturated carbocycles. The Kier molecular flexibility index (Phi) is 3.27. The fraction of sp³-hybridized carbons (Fsp3) is 0.538. The van der Waals surface area contributed by atoms with Gasteiger partial charge < -0.3 is 9.47 Å². The molecule has 1 aliphatic rings. The molecular weight excluding hydrogens is 188 g/mol. The van der Waals surface area contributed by atoms with Crippen LogP contribution in [0.5, 0.6) is 5.75 Å². The van der Waals surface area contributed by atoms with Crippen molar-refractivity contribution in [3.05, 3.63) is 29.8 Å². The predicted molar refractivity (Wildman–Crippen MR) is 60.3 cm³/mol. The fourth-order valence-electron chi connectivity index (χ4n) is 2.05. The molecule has 2 unspecified atom stereocenters. The van der Waals surface area contributed by atoms with Gasteiger partial charge in [-0.15, -0.1) is 0 Å². The molecule has 2 heteroatoms. The first-order valence-corrected chi connectivity index (χ1v) is 5.67. The summed E-state index contributed by atoms with van der Waals surface area (Å²) in [6.45, 7) is 4.86. The van der Waals surface area contributed by atoms with Crippen LogP contribution in [0.2, 0.25) is 0 Å². The van der Waals surface area contributed by atoms with Crippen LogP contribution in [0.15, 0.2) is 24.3 Å². The third-order valence-electron chi connectivity index (χ3n) is 2.90. The second kappa shape index (κ2) is 4.67. The summed E-state index contributed by atoms with van der Waals surface area (Å²) in [6, 6.07) is 8.26. The largest absolute Gasteiger partial charge is 0.487 e. The number of hydrogen-bond donors (Lipinski definition) is 0. The van der Waals surface area contributed by atoms with Gasteiger partial charge in [-0.25, -0.2) is 0 Å². The molecule has 0 bridgehead atoms. The van der Waals surface area contributed by atoms with E-state index in [-0.39, 0.29) is 12.2 Å². The maximum absolute atomic E-state index is 5.92. The number of rotatable bonds is 3. The maximum atomic E-state index is 5.92. The zero-order valence-electron chi connectivity index (χ0n) is 9.40. The minimum Gasteiger partial charge on any atom is -0.487 e. The molecule has 0 N–H and O–H groups in total. The van der Waals surface area contributed by atoms with Gasteiger partial charge in [0, 0.05) is 6.61 Å². The number of ether oxygens (including phenoxy) is 2. The van der Waals surface area contributed by atoms with Crippen LogP contribution in [-0.4, -0.2) is 18.8 Å². The molecule has 0 amide bonds. The Hall–Kier alpha value is -1.02. The third-order valence-corrected chi connectivity index (χ3v) is 2.90. The van der Waals surface area contributed by atoms with E-state index >= 15 is 0 Å². The number of fused-ring (bicyclic) bond motifs is 1. The predicted octanol–water partition coefficient (Wildman–Crippen LogP) is 2.81. The quantitative estimate of drug-likeness (QED) is 0.757. The van der Waals surface area contributed by atoms with Crippen LogP contribution in [0, 0.1) is 0 Å². The summed E-state index contributed by atoms with van der Waals surface area (Å²) >= 11 is 0. The molecule has 2 nitrogen and oxygen atoms in total. The topological polar surface area (TPSA) is 18.5 Å². The van der Waals surface area contributed by atoms with Crippen molar-refractivity contribution in [2.75, 3.05) is 6.61 Å². The Labute approximate surface area is 91.2 Å². The van der Waals surface area contributed by atoms with Gasteiger partial charge in [-0.2, -0.15) is 0 Å². The summed E-state index contributed by atoms with van der Waals surface area (Å²) in [7, 11) is 0. The van der Waals surface area contributed by atoms with Gasteiger partial charge in [0.05, 0.1) is 6.10 Å². The van der Waals surface area contributed by atoms with Crippen LogP contribution in [0.25, 0.3) is 0 Å². The third kappa shape index (κ3) is 2.32. The first-order valence-electron chi connectivity index (χ1n) is 5.67. The average molecular weight is 206 g/mol. The van der Waals surface area contributed by atoms with Gasteiger partial charge in [0.25, 0.3) is 0 Å². The van der Waals surface area contributed by atoms with Crippen molar-refractivity contribution in [2.24, 2.45) is 0 Å². The first kappa shape index (κ1) is 10.5. The minimum atomic E-state index is 0.184. The van der Waals surface area contributed by atoms with E-state index in [9.17, 15) is 0 Å². The van der Waals surface area contributed by atoms with E-state index in [0.717, 1.165) is 25.2 Å². The van der Waals surface area contributed by atoms with Crippen LogP contribution < -0.4 is 4.74 Å². The second-order valence-corrected chi connectivity index (χ2v) is 3.96. The van der Waals surface area contributed by atoms with Gasteiger partial charge in [0.15, 0.2) is 0 Å². The van der Waals surface area contributed by atoms with Gasteiger partial charge in [-0.3, -0.25) is 0 Å². The summed E-state index contributed by atoms with van der Waals surface area (Å²) < 4.78 is 11.5. The Morgan fingerprint density at radius 1 is 1.47 bits per heavy atom. The number of benzene rings is 1. The van der Waals surface area contributed by atoms with Crippen molar-refractivity contribution < 1.29 is 9.47 Å². The van der Waals surface area contributed by atoms with Crippen molar-refractivity contribution in [1.82, 2.24) is 0 Å². The molecular formula is C13H18O2. The van der Waals surface area contributed by atoms with E-state index in [2.05, 4.69) is 19.1 Å². The lowest BCUT2D eigenvalue weighted by Crippen LogP contribution is -2.34. The molecule has 1 aromatic rings. The van der Waals surface area contributed by atoms with Gasteiger partial charge in [0.2, 0.25) is 0 Å². The van der Waals surface area contributed by atoms with Crippen LogP contribution in [-0.2, 0) is 11.2 Å². The minimum absolute atomic E-state index is 0.184. The molecule has 1 aromatic carbocycles. The van der Waals surface area contributed by atoms with Crippen molar-refractivity contribution in [2.45, 2.75) is 38.9 Å². The number of aryl methyl sites for hydroxylation is 1. The van der Waals surface area contributed by atoms with Crippen molar-refractivity contribution in [1.29, 1.82) is 0 Å². The molecule has 82 valence electrons. The maximum Gasteiger partial charge on any atom is 0.125 e. The summed E-state index contributed by atoms with van der Waals surface area (Å²) in [5.41, 5.74) is 1.32. The molecule has 0 saturated heterocycles. The highest BCUT2D eigenvalue weighted by molar-refractivity contribution is 5.35. The highest BCUT2D eigenvalue weighted by Crippen LogP contribution is 2.28. The molecule has 1 aliphatic heterocycles. The molecule has 15 heavy (non-hydrogen) atoms. The molecule has 2 rings (SSSR count). The van der Waals surface area contributed by atoms with E-state index in [1.54, 1.807) is 0 Å². The molecule has 0 spiro atoms. The smallest absolute Gasteiger partial charge is 0.125 e. The highest BCUT2D eigenvalue weighted by atomic mass is 16.5. The highest BCUT2D eigenvalue weighted by Gasteiger charge is 2.24. The summed E-state index contributed by atoms with van der Waals surface area (Å²) in [5, 5.41) is 0. The van der Waals surface area contributed by atoms with Crippen LogP contribution in [0.1, 0.15) is 25.8 Å². The Bertz CT molecular complexity index is 322. The van der Waals surface area contributed by atoms with Crippen LogP contribution in [0.3, 0.4) is 0 Å². The molecule has 0 fully saturated rings. The molecule has 0 radical (unpaired) electrons. The number of hydrogen-bond acceptors (Lipinski definition) is 2. The van der Waals surface area contributed by atoms with E-state index in [1.807, 2.05) is 19.1 Å².